The van der Waals surface area contributed by atoms with Crippen LogP contribution in [0.1, 0.15) is 24.0 Å². The second-order valence-electron chi connectivity index (χ2n) is 8.68. The van der Waals surface area contributed by atoms with Gasteiger partial charge in [0.25, 0.3) is 0 Å². The van der Waals surface area contributed by atoms with Crippen LogP contribution in [0.3, 0.4) is 0 Å². The van der Waals surface area contributed by atoms with Crippen molar-refractivity contribution in [1.82, 2.24) is 5.32 Å². The van der Waals surface area contributed by atoms with Crippen molar-refractivity contribution in [2.45, 2.75) is 25.9 Å². The van der Waals surface area contributed by atoms with Crippen molar-refractivity contribution in [3.05, 3.63) is 120 Å². The first-order valence-corrected chi connectivity index (χ1v) is 14.0. The summed E-state index contributed by atoms with van der Waals surface area (Å²) in [4.78, 5) is 0. The highest BCUT2D eigenvalue weighted by Crippen LogP contribution is 2.44. The van der Waals surface area contributed by atoms with E-state index in [9.17, 15) is 4.57 Å². The number of benzene rings is 4. The van der Waals surface area contributed by atoms with E-state index in [0.29, 0.717) is 12.8 Å². The predicted octanol–water partition coefficient (Wildman–Crippen LogP) is 5.73. The number of unbranched alkanes of at least 4 members (excludes halogenated alkanes) is 1. The summed E-state index contributed by atoms with van der Waals surface area (Å²) in [6.45, 7) is 2.20. The number of hydrogen-bond donors (Lipinski definition) is 2. The first-order chi connectivity index (χ1) is 17.1. The Morgan fingerprint density at radius 2 is 1.17 bits per heavy atom. The molecular weight excluding hydrogens is 451 g/mol. The zero-order valence-electron chi connectivity index (χ0n) is 20.0. The number of ether oxygens (including phenoxy) is 1. The minimum Gasteiger partial charge on any atom is -0.494 e. The molecule has 0 saturated heterocycles. The van der Waals surface area contributed by atoms with Crippen LogP contribution < -0.4 is 26.4 Å². The van der Waals surface area contributed by atoms with Gasteiger partial charge in [0.1, 0.15) is 12.9 Å². The topological polar surface area (TPSA) is 64.3 Å². The van der Waals surface area contributed by atoms with Crippen molar-refractivity contribution in [2.24, 2.45) is 0 Å². The molecule has 0 aromatic heterocycles. The SMILES string of the molecule is Nc1ccc(CNCc2ccc(OCCCCP(=O)(c3ccccc3)c3ccccc3)cc2)cc1. The molecule has 180 valence electrons. The van der Waals surface area contributed by atoms with Crippen molar-refractivity contribution in [2.75, 3.05) is 18.5 Å². The Labute approximate surface area is 208 Å². The number of rotatable bonds is 12. The Balaban J connectivity index is 1.22. The monoisotopic (exact) mass is 484 g/mol. The van der Waals surface area contributed by atoms with Crippen molar-refractivity contribution in [1.29, 1.82) is 0 Å². The van der Waals surface area contributed by atoms with E-state index >= 15 is 0 Å². The quantitative estimate of drug-likeness (QED) is 0.153. The van der Waals surface area contributed by atoms with E-state index in [0.717, 1.165) is 48.0 Å². The summed E-state index contributed by atoms with van der Waals surface area (Å²) in [5.41, 5.74) is 8.94. The van der Waals surface area contributed by atoms with Gasteiger partial charge >= 0.3 is 0 Å². The minimum absolute atomic E-state index is 0.609. The normalized spacial score (nSPS) is 11.3. The molecule has 0 bridgehead atoms. The fourth-order valence-corrected chi connectivity index (χ4v) is 6.85. The van der Waals surface area contributed by atoms with Gasteiger partial charge in [0.2, 0.25) is 0 Å². The summed E-state index contributed by atoms with van der Waals surface area (Å²) in [6.07, 6.45) is 2.34. The summed E-state index contributed by atoms with van der Waals surface area (Å²) in [6, 6.07) is 35.8. The number of nitrogen functional groups attached to an aromatic ring is 1. The molecule has 0 saturated carbocycles. The highest BCUT2D eigenvalue weighted by Gasteiger charge is 2.26. The molecule has 0 radical (unpaired) electrons. The van der Waals surface area contributed by atoms with Crippen LogP contribution in [0.15, 0.2) is 109 Å². The van der Waals surface area contributed by atoms with Gasteiger partial charge in [0.15, 0.2) is 0 Å². The van der Waals surface area contributed by atoms with E-state index < -0.39 is 7.14 Å². The Kier molecular flexibility index (Phi) is 8.78. The maximum absolute atomic E-state index is 14.0. The average Bonchev–Trinajstić information content (AvgIpc) is 2.91. The number of hydrogen-bond acceptors (Lipinski definition) is 4. The molecule has 0 heterocycles. The zero-order chi connectivity index (χ0) is 24.3. The Hall–Kier alpha value is -3.33. The average molecular weight is 485 g/mol. The molecule has 5 heteroatoms. The van der Waals surface area contributed by atoms with Crippen LogP contribution in [0, 0.1) is 0 Å². The van der Waals surface area contributed by atoms with E-state index in [2.05, 4.69) is 17.4 Å². The van der Waals surface area contributed by atoms with Gasteiger partial charge in [0, 0.05) is 35.5 Å². The third-order valence-electron chi connectivity index (χ3n) is 6.04. The second kappa shape index (κ2) is 12.4. The van der Waals surface area contributed by atoms with Gasteiger partial charge in [-0.2, -0.15) is 0 Å². The molecule has 0 atom stereocenters. The fraction of sp³-hybridized carbons (Fsp3) is 0.200. The summed E-state index contributed by atoms with van der Waals surface area (Å²) in [5.74, 6) is 0.863. The highest BCUT2D eigenvalue weighted by atomic mass is 31.2. The summed E-state index contributed by atoms with van der Waals surface area (Å²) >= 11 is 0. The van der Waals surface area contributed by atoms with Gasteiger partial charge in [-0.05, 0) is 48.2 Å². The lowest BCUT2D eigenvalue weighted by Gasteiger charge is -2.19. The smallest absolute Gasteiger partial charge is 0.143 e. The third kappa shape index (κ3) is 7.08. The molecular formula is C30H33N2O2P. The van der Waals surface area contributed by atoms with Crippen LogP contribution in [0.2, 0.25) is 0 Å². The lowest BCUT2D eigenvalue weighted by atomic mass is 10.2. The molecule has 0 aliphatic rings. The van der Waals surface area contributed by atoms with Crippen molar-refractivity contribution in [3.63, 3.8) is 0 Å². The highest BCUT2D eigenvalue weighted by molar-refractivity contribution is 7.78. The first-order valence-electron chi connectivity index (χ1n) is 12.1. The molecule has 35 heavy (non-hydrogen) atoms. The zero-order valence-corrected chi connectivity index (χ0v) is 20.9. The van der Waals surface area contributed by atoms with Gasteiger partial charge in [0.05, 0.1) is 6.61 Å². The van der Waals surface area contributed by atoms with Gasteiger partial charge in [-0.15, -0.1) is 0 Å². The van der Waals surface area contributed by atoms with E-state index in [1.807, 2.05) is 97.1 Å². The molecule has 3 N–H and O–H groups in total. The van der Waals surface area contributed by atoms with E-state index in [1.165, 1.54) is 11.1 Å². The molecule has 0 unspecified atom stereocenters. The van der Waals surface area contributed by atoms with Crippen LogP contribution >= 0.6 is 7.14 Å². The predicted molar refractivity (Wildman–Crippen MR) is 147 cm³/mol. The lowest BCUT2D eigenvalue weighted by Crippen LogP contribution is -2.18. The second-order valence-corrected chi connectivity index (χ2v) is 11.6. The fourth-order valence-electron chi connectivity index (χ4n) is 4.06. The Morgan fingerprint density at radius 1 is 0.657 bits per heavy atom. The first kappa shape index (κ1) is 24.8. The molecule has 0 aliphatic heterocycles. The van der Waals surface area contributed by atoms with E-state index in [-0.39, 0.29) is 0 Å². The molecule has 4 nitrogen and oxygen atoms in total. The maximum Gasteiger partial charge on any atom is 0.143 e. The van der Waals surface area contributed by atoms with Crippen molar-refractivity contribution < 1.29 is 9.30 Å². The lowest BCUT2D eigenvalue weighted by molar-refractivity contribution is 0.309. The van der Waals surface area contributed by atoms with Crippen molar-refractivity contribution in [3.8, 4) is 5.75 Å². The Bertz CT molecular complexity index is 1170. The summed E-state index contributed by atoms with van der Waals surface area (Å²) in [5, 5.41) is 5.30. The maximum atomic E-state index is 14.0. The largest absolute Gasteiger partial charge is 0.494 e. The molecule has 4 aromatic rings. The van der Waals surface area contributed by atoms with Crippen LogP contribution in [0.5, 0.6) is 5.75 Å². The van der Waals surface area contributed by atoms with Crippen LogP contribution in [-0.4, -0.2) is 12.8 Å². The Morgan fingerprint density at radius 3 is 1.71 bits per heavy atom. The molecule has 0 aliphatic carbocycles. The van der Waals surface area contributed by atoms with Gasteiger partial charge in [-0.1, -0.05) is 84.9 Å². The molecule has 0 fully saturated rings. The summed E-state index contributed by atoms with van der Waals surface area (Å²) in [7, 11) is -2.65. The standard InChI is InChI=1S/C30H33N2O2P/c31-27-17-13-25(14-18-27)23-32-24-26-15-19-28(20-16-26)34-21-7-8-22-35(33,29-9-3-1-4-10-29)30-11-5-2-6-12-30/h1-6,9-20,32H,7-8,21-24,31H2. The third-order valence-corrected chi connectivity index (χ3v) is 9.25. The van der Waals surface area contributed by atoms with Gasteiger partial charge in [-0.3, -0.25) is 0 Å². The molecule has 4 rings (SSSR count). The van der Waals surface area contributed by atoms with Crippen molar-refractivity contribution >= 4 is 23.4 Å². The van der Waals surface area contributed by atoms with E-state index in [1.54, 1.807) is 0 Å². The van der Waals surface area contributed by atoms with Crippen LogP contribution in [0.25, 0.3) is 0 Å². The molecule has 4 aromatic carbocycles. The van der Waals surface area contributed by atoms with Gasteiger partial charge < -0.3 is 20.4 Å². The molecule has 0 spiro atoms. The van der Waals surface area contributed by atoms with Gasteiger partial charge in [-0.25, -0.2) is 0 Å². The van der Waals surface area contributed by atoms with Crippen LogP contribution in [0.4, 0.5) is 5.69 Å². The van der Waals surface area contributed by atoms with Crippen LogP contribution in [-0.2, 0) is 17.7 Å². The number of nitrogens with two attached hydrogens (primary N) is 1. The van der Waals surface area contributed by atoms with E-state index in [4.69, 9.17) is 10.5 Å². The number of anilines is 1. The minimum atomic E-state index is -2.65. The molecule has 0 amide bonds. The summed E-state index contributed by atoms with van der Waals surface area (Å²) < 4.78 is 20.0. The number of nitrogens with one attached hydrogen (secondary N) is 1.